The number of sulfone groups is 3. The summed E-state index contributed by atoms with van der Waals surface area (Å²) in [6, 6.07) is 20.3. The summed E-state index contributed by atoms with van der Waals surface area (Å²) in [4.78, 5) is 85.6. The van der Waals surface area contributed by atoms with Crippen LogP contribution >= 0.6 is 21.8 Å². The van der Waals surface area contributed by atoms with Crippen molar-refractivity contribution in [2.45, 2.75) is 65.5 Å². The Hall–Kier alpha value is -9.43. The number of hydrogen-bond acceptors (Lipinski definition) is 27. The molecule has 0 saturated heterocycles. The lowest BCUT2D eigenvalue weighted by molar-refractivity contribution is -0.134. The van der Waals surface area contributed by atoms with Crippen molar-refractivity contribution >= 4 is 115 Å². The summed E-state index contributed by atoms with van der Waals surface area (Å²) in [7, 11) is -2.97. The van der Waals surface area contributed by atoms with Crippen molar-refractivity contribution in [1.29, 1.82) is 0 Å². The third-order valence-corrected chi connectivity index (χ3v) is 16.9. The number of carboxylic acid groups (broad SMARTS) is 1. The van der Waals surface area contributed by atoms with Gasteiger partial charge in [0, 0.05) is 31.7 Å². The van der Waals surface area contributed by atoms with Gasteiger partial charge in [-0.25, -0.2) is 34.8 Å². The first-order valence-electron chi connectivity index (χ1n) is 30.6. The molecule has 0 spiro atoms. The lowest BCUT2D eigenvalue weighted by Gasteiger charge is -2.26. The summed E-state index contributed by atoms with van der Waals surface area (Å²) >= 11 is 2.52. The summed E-state index contributed by atoms with van der Waals surface area (Å²) in [5, 5.41) is 17.3. The van der Waals surface area contributed by atoms with E-state index in [0.29, 0.717) is 76.8 Å². The number of imide groups is 2. The molecular formula is C67H85IN6O24S3Si. The van der Waals surface area contributed by atoms with E-state index in [9.17, 15) is 59.1 Å². The Kier molecular flexibility index (Phi) is 30.4. The van der Waals surface area contributed by atoms with Crippen molar-refractivity contribution in [3.63, 3.8) is 0 Å². The maximum Gasteiger partial charge on any atom is 0.349 e. The van der Waals surface area contributed by atoms with Crippen molar-refractivity contribution in [3.05, 3.63) is 141 Å². The predicted molar refractivity (Wildman–Crippen MR) is 393 cm³/mol. The number of phenolic OH excluding ortho intramolecular Hbond substituents is 1. The first kappa shape index (κ1) is 85.0. The number of fused-ring (bicyclic) bond motifs is 3. The second-order valence-electron chi connectivity index (χ2n) is 23.3. The molecule has 3 aliphatic heterocycles. The Balaban J connectivity index is 0.000000287. The number of ether oxygens (including phenoxy) is 9. The molecule has 3 heterocycles. The highest BCUT2D eigenvalue weighted by Gasteiger charge is 2.46. The number of hydrogen-bond donors (Lipinski definition) is 6. The fraction of sp³-hybridized carbons (Fsp3) is 0.358. The van der Waals surface area contributed by atoms with E-state index in [2.05, 4.69) is 46.2 Å². The number of cyclic esters (lactones) is 2. The highest BCUT2D eigenvalue weighted by atomic mass is 127. The van der Waals surface area contributed by atoms with Crippen LogP contribution < -0.4 is 60.8 Å². The minimum Gasteiger partial charge on any atom is -0.506 e. The molecule has 6 aromatic carbocycles. The Morgan fingerprint density at radius 3 is 1.13 bits per heavy atom. The Bertz CT molecular complexity index is 4470. The molecule has 0 aliphatic carbocycles. The number of nitrogens with zero attached hydrogens (tertiary/aromatic N) is 2. The average Bonchev–Trinajstić information content (AvgIpc) is 1.60. The first-order chi connectivity index (χ1) is 47.5. The number of esters is 2. The monoisotopic (exact) mass is 1610 g/mol. The zero-order chi connectivity index (χ0) is 77.3. The summed E-state index contributed by atoms with van der Waals surface area (Å²) in [5.41, 5.74) is 24.4. The van der Waals surface area contributed by atoms with Crippen LogP contribution in [0.5, 0.6) is 51.7 Å². The maximum atomic E-state index is 13.2. The summed E-state index contributed by atoms with van der Waals surface area (Å²) < 4.78 is 118. The van der Waals surface area contributed by atoms with Crippen LogP contribution in [0.25, 0.3) is 0 Å². The summed E-state index contributed by atoms with van der Waals surface area (Å²) in [6.07, 6.45) is 3.23. The number of amides is 4. The van der Waals surface area contributed by atoms with Gasteiger partial charge in [0.1, 0.15) is 57.9 Å². The molecular weight excluding hydrogens is 1520 g/mol. The third kappa shape index (κ3) is 22.8. The van der Waals surface area contributed by atoms with Gasteiger partial charge in [-0.15, -0.1) is 21.8 Å². The fourth-order valence-electron chi connectivity index (χ4n) is 9.98. The van der Waals surface area contributed by atoms with Gasteiger partial charge in [0.05, 0.1) is 130 Å². The Labute approximate surface area is 605 Å². The Morgan fingerprint density at radius 2 is 0.784 bits per heavy atom. The van der Waals surface area contributed by atoms with Crippen LogP contribution in [0.15, 0.2) is 91.0 Å². The fourth-order valence-corrected chi connectivity index (χ4v) is 12.7. The number of anilines is 3. The normalized spacial score (nSPS) is 13.7. The molecule has 30 nitrogen and oxygen atoms in total. The standard InChI is InChI=1S/C21H24N2O7S.C20H22N2O7S.C12H19NO4S.C9H7NO4.C3H9ISi.C2H4O2/c1-5-30-17-10-12(6-8-15(17)28-2)14(11-31(4,26)27)23-20(24)13-7-9-16(29-3)19(22)18(13)21(23)25;1-4-29-16-9-11(5-8-15(16)28-2)13(10-30(3,26)27)22-19(24)12-6-7-14(23)18(21)17(12)20(22)25;1-4-17-12-7-9(5-6-11(12)16-2)10(13)8-18(3,14)15;1-13-5-3-2-4-6(7(5)10)9(12)14-8(4)11;1-5(2,3)4;1-2(3)4/h6-10,14H,5,11,22H2,1-4H3;5-9,13,23H,4,10,21H2,1-3H3;5-7,10H,4,8,13H2,1-3H3;2-3H,10H2,1H3;1-3H3;1H3,(H,3,4)/t14-;13-;10-;;;/m111.../s1. The third-order valence-electron chi connectivity index (χ3n) is 14.1. The second kappa shape index (κ2) is 36.4. The molecule has 556 valence electrons. The number of carboxylic acids is 1. The SMILES string of the molecule is CC(=O)O.CCOc1cc([C@@H](CS(C)(=O)=O)N2C(=O)c3ccc(O)c(N)c3C2=O)ccc1OC.CCOc1cc([C@@H](CS(C)(=O)=O)N2C(=O)c3ccc(OC)c(N)c3C2=O)ccc1OC.CCOc1cc([C@H](N)CS(C)(=O)=O)ccc1OC.COc1ccc2c(c1N)C(=O)OC2=O.C[Si](C)(C)I. The van der Waals surface area contributed by atoms with Gasteiger partial charge < -0.3 is 75.8 Å². The van der Waals surface area contributed by atoms with Crippen LogP contribution in [0.2, 0.25) is 19.6 Å². The number of nitrogen functional groups attached to an aromatic ring is 3. The molecule has 10 N–H and O–H groups in total. The minimum atomic E-state index is -3.60. The van der Waals surface area contributed by atoms with Crippen LogP contribution in [-0.4, -0.2) is 184 Å². The van der Waals surface area contributed by atoms with E-state index in [0.717, 1.165) is 29.2 Å². The van der Waals surface area contributed by atoms with Crippen molar-refractivity contribution in [3.8, 4) is 51.7 Å². The van der Waals surface area contributed by atoms with Crippen LogP contribution in [0, 0.1) is 0 Å². The van der Waals surface area contributed by atoms with Crippen LogP contribution in [0.4, 0.5) is 17.1 Å². The number of halogens is 1. The van der Waals surface area contributed by atoms with Gasteiger partial charge in [0.15, 0.2) is 34.5 Å². The Morgan fingerprint density at radius 1 is 0.480 bits per heavy atom. The molecule has 4 amide bonds. The molecule has 3 aliphatic rings. The van der Waals surface area contributed by atoms with E-state index in [1.54, 1.807) is 75.6 Å². The average molecular weight is 1610 g/mol. The lowest BCUT2D eigenvalue weighted by Crippen LogP contribution is -2.37. The van der Waals surface area contributed by atoms with Crippen molar-refractivity contribution in [2.75, 3.05) is 109 Å². The zero-order valence-electron chi connectivity index (χ0n) is 58.8. The summed E-state index contributed by atoms with van der Waals surface area (Å²) in [5.74, 6) is -3.00. The van der Waals surface area contributed by atoms with Gasteiger partial charge >= 0.3 is 11.9 Å². The smallest absolute Gasteiger partial charge is 0.349 e. The van der Waals surface area contributed by atoms with Crippen molar-refractivity contribution < 1.29 is 112 Å². The molecule has 102 heavy (non-hydrogen) atoms. The number of rotatable bonds is 22. The van der Waals surface area contributed by atoms with E-state index in [1.165, 1.54) is 71.1 Å². The second-order valence-corrected chi connectivity index (χ2v) is 43.7. The van der Waals surface area contributed by atoms with E-state index in [-0.39, 0.29) is 67.7 Å². The molecule has 0 bridgehead atoms. The van der Waals surface area contributed by atoms with E-state index < -0.39 is 106 Å². The van der Waals surface area contributed by atoms with E-state index in [1.807, 2.05) is 6.92 Å². The van der Waals surface area contributed by atoms with Gasteiger partial charge in [-0.05, 0) is 110 Å². The number of carbonyl (C=O) groups is 7. The van der Waals surface area contributed by atoms with Crippen molar-refractivity contribution in [2.24, 2.45) is 5.73 Å². The van der Waals surface area contributed by atoms with E-state index in [4.69, 9.17) is 70.7 Å². The number of carbonyl (C=O) groups excluding carboxylic acids is 6. The zero-order valence-corrected chi connectivity index (χ0v) is 64.4. The maximum absolute atomic E-state index is 13.2. The number of phenols is 1. The van der Waals surface area contributed by atoms with Crippen LogP contribution in [0.3, 0.4) is 0 Å². The predicted octanol–water partition coefficient (Wildman–Crippen LogP) is 7.90. The topological polar surface area (TPSA) is 456 Å². The molecule has 35 heteroatoms. The van der Waals surface area contributed by atoms with Crippen molar-refractivity contribution in [1.82, 2.24) is 9.80 Å². The lowest BCUT2D eigenvalue weighted by atomic mass is 10.1. The molecule has 3 atom stereocenters. The van der Waals surface area contributed by atoms with Gasteiger partial charge in [0.25, 0.3) is 29.6 Å². The largest absolute Gasteiger partial charge is 0.506 e. The molecule has 0 aromatic heterocycles. The first-order valence-corrected chi connectivity index (χ1v) is 43.4. The summed E-state index contributed by atoms with van der Waals surface area (Å²) in [6.45, 7) is 14.6. The van der Waals surface area contributed by atoms with Crippen LogP contribution in [0.1, 0.15) is 125 Å². The minimum absolute atomic E-state index is 0.00129. The molecule has 0 radical (unpaired) electrons. The highest BCUT2D eigenvalue weighted by Crippen LogP contribution is 2.43. The molecule has 6 aromatic rings. The number of methoxy groups -OCH3 is 5. The van der Waals surface area contributed by atoms with Gasteiger partial charge in [-0.1, -0.05) is 37.8 Å². The number of aromatic hydroxyl groups is 1. The van der Waals surface area contributed by atoms with Crippen LogP contribution in [-0.2, 0) is 39.0 Å². The molecule has 9 rings (SSSR count). The molecule has 0 saturated carbocycles. The number of nitrogens with two attached hydrogens (primary N) is 4. The molecule has 0 fully saturated rings. The van der Waals surface area contributed by atoms with Gasteiger partial charge in [-0.2, -0.15) is 0 Å². The highest BCUT2D eigenvalue weighted by molar-refractivity contribution is 14.1. The number of benzene rings is 6. The number of aliphatic carboxylic acids is 1. The quantitative estimate of drug-likeness (QED) is 0.00549. The van der Waals surface area contributed by atoms with Gasteiger partial charge in [-0.3, -0.25) is 33.8 Å². The molecule has 0 unspecified atom stereocenters. The van der Waals surface area contributed by atoms with E-state index >= 15 is 0 Å². The van der Waals surface area contributed by atoms with Gasteiger partial charge in [0.2, 0.25) is 0 Å².